The number of aromatic nitrogens is 1. The third kappa shape index (κ3) is 3.42. The largest absolute Gasteiger partial charge is 0.488 e. The van der Waals surface area contributed by atoms with E-state index in [0.717, 1.165) is 35.1 Å². The number of para-hydroxylation sites is 1. The average Bonchev–Trinajstić information content (AvgIpc) is 3.39. The number of rotatable bonds is 6. The van der Waals surface area contributed by atoms with E-state index in [0.29, 0.717) is 35.7 Å². The zero-order chi connectivity index (χ0) is 20.5. The molecular formula is C22H26N2O4S. The van der Waals surface area contributed by atoms with E-state index in [1.807, 2.05) is 38.1 Å². The van der Waals surface area contributed by atoms with Gasteiger partial charge in [0.15, 0.2) is 5.75 Å². The summed E-state index contributed by atoms with van der Waals surface area (Å²) in [6, 6.07) is 7.78. The van der Waals surface area contributed by atoms with Crippen molar-refractivity contribution < 1.29 is 14.3 Å². The van der Waals surface area contributed by atoms with Gasteiger partial charge < -0.3 is 18.9 Å². The summed E-state index contributed by atoms with van der Waals surface area (Å²) in [5.41, 5.74) is 0.703. The molecule has 7 heteroatoms. The Morgan fingerprint density at radius 2 is 2.07 bits per heavy atom. The molecular weight excluding hydrogens is 388 g/mol. The molecule has 1 aromatic carbocycles. The van der Waals surface area contributed by atoms with Gasteiger partial charge in [0.05, 0.1) is 16.3 Å². The van der Waals surface area contributed by atoms with Crippen LogP contribution in [-0.2, 0) is 11.8 Å². The van der Waals surface area contributed by atoms with Gasteiger partial charge in [-0.15, -0.1) is 11.3 Å². The highest BCUT2D eigenvalue weighted by molar-refractivity contribution is 7.22. The third-order valence-electron chi connectivity index (χ3n) is 5.58. The average molecular weight is 415 g/mol. The highest BCUT2D eigenvalue weighted by atomic mass is 32.1. The van der Waals surface area contributed by atoms with Crippen LogP contribution in [0.1, 0.15) is 36.4 Å². The van der Waals surface area contributed by atoms with Crippen molar-refractivity contribution in [3.05, 3.63) is 39.5 Å². The lowest BCUT2D eigenvalue weighted by Crippen LogP contribution is -2.30. The molecule has 1 unspecified atom stereocenters. The van der Waals surface area contributed by atoms with Gasteiger partial charge in [-0.2, -0.15) is 0 Å². The van der Waals surface area contributed by atoms with Crippen molar-refractivity contribution >= 4 is 38.2 Å². The number of carbonyl (C=O) groups is 1. The number of pyridine rings is 1. The lowest BCUT2D eigenvalue weighted by Gasteiger charge is -2.19. The van der Waals surface area contributed by atoms with Crippen LogP contribution in [0.3, 0.4) is 0 Å². The summed E-state index contributed by atoms with van der Waals surface area (Å²) in [7, 11) is 1.76. The maximum atomic E-state index is 13.2. The molecule has 0 N–H and O–H groups in total. The molecule has 0 saturated carbocycles. The van der Waals surface area contributed by atoms with Crippen LogP contribution in [0.25, 0.3) is 21.0 Å². The molecule has 1 amide bonds. The Bertz CT molecular complexity index is 1110. The molecule has 1 aliphatic heterocycles. The van der Waals surface area contributed by atoms with E-state index in [2.05, 4.69) is 0 Å². The summed E-state index contributed by atoms with van der Waals surface area (Å²) < 4.78 is 14.3. The second-order valence-corrected chi connectivity index (χ2v) is 8.29. The van der Waals surface area contributed by atoms with Gasteiger partial charge in [-0.1, -0.05) is 18.2 Å². The first kappa shape index (κ1) is 19.9. The van der Waals surface area contributed by atoms with E-state index < -0.39 is 0 Å². The predicted octanol–water partition coefficient (Wildman–Crippen LogP) is 3.79. The second kappa shape index (κ2) is 8.16. The lowest BCUT2D eigenvalue weighted by molar-refractivity contribution is 0.0663. The van der Waals surface area contributed by atoms with Crippen molar-refractivity contribution in [3.63, 3.8) is 0 Å². The number of thiophene rings is 1. The van der Waals surface area contributed by atoms with E-state index >= 15 is 0 Å². The molecule has 1 fully saturated rings. The highest BCUT2D eigenvalue weighted by Gasteiger charge is 2.28. The molecule has 29 heavy (non-hydrogen) atoms. The summed E-state index contributed by atoms with van der Waals surface area (Å²) >= 11 is 1.36. The molecule has 3 heterocycles. The lowest BCUT2D eigenvalue weighted by atomic mass is 10.1. The number of hydrogen-bond acceptors (Lipinski definition) is 5. The molecule has 0 bridgehead atoms. The summed E-state index contributed by atoms with van der Waals surface area (Å²) in [5.74, 6) is 0.313. The summed E-state index contributed by atoms with van der Waals surface area (Å²) in [5, 5.41) is 1.44. The van der Waals surface area contributed by atoms with Crippen molar-refractivity contribution in [1.29, 1.82) is 0 Å². The zero-order valence-electron chi connectivity index (χ0n) is 17.1. The standard InChI is InChI=1S/C22H26N2O4S/c1-4-24(5-2)22(26)20-18(28-13-14-9-8-12-27-14)17-19(29-20)15-10-6-7-11-16(15)23(3)21(17)25/h6-7,10-11,14H,4-5,8-9,12-13H2,1-3H3. The van der Waals surface area contributed by atoms with Gasteiger partial charge in [0.2, 0.25) is 0 Å². The number of hydrogen-bond donors (Lipinski definition) is 0. The molecule has 6 nitrogen and oxygen atoms in total. The zero-order valence-corrected chi connectivity index (χ0v) is 17.9. The quantitative estimate of drug-likeness (QED) is 0.616. The van der Waals surface area contributed by atoms with Crippen LogP contribution in [0.4, 0.5) is 0 Å². The Morgan fingerprint density at radius 1 is 1.31 bits per heavy atom. The number of amides is 1. The van der Waals surface area contributed by atoms with Crippen LogP contribution in [0.5, 0.6) is 5.75 Å². The van der Waals surface area contributed by atoms with Gasteiger partial charge in [0.25, 0.3) is 11.5 Å². The van der Waals surface area contributed by atoms with E-state index in [-0.39, 0.29) is 17.6 Å². The van der Waals surface area contributed by atoms with Crippen LogP contribution in [0.2, 0.25) is 0 Å². The number of nitrogens with zero attached hydrogens (tertiary/aromatic N) is 2. The molecule has 0 aliphatic carbocycles. The van der Waals surface area contributed by atoms with Gasteiger partial charge in [0, 0.05) is 32.1 Å². The minimum atomic E-state index is -0.143. The van der Waals surface area contributed by atoms with E-state index in [9.17, 15) is 9.59 Å². The Kier molecular flexibility index (Phi) is 5.61. The van der Waals surface area contributed by atoms with Crippen LogP contribution in [0, 0.1) is 0 Å². The van der Waals surface area contributed by atoms with Gasteiger partial charge in [0.1, 0.15) is 16.9 Å². The van der Waals surface area contributed by atoms with Crippen molar-refractivity contribution in [3.8, 4) is 5.75 Å². The highest BCUT2D eigenvalue weighted by Crippen LogP contribution is 2.40. The minimum absolute atomic E-state index is 0.00524. The van der Waals surface area contributed by atoms with Crippen molar-refractivity contribution in [2.24, 2.45) is 7.05 Å². The third-order valence-corrected chi connectivity index (χ3v) is 6.77. The Hall–Kier alpha value is -2.38. The maximum absolute atomic E-state index is 13.2. The van der Waals surface area contributed by atoms with Crippen LogP contribution in [0.15, 0.2) is 29.1 Å². The number of fused-ring (bicyclic) bond motifs is 3. The van der Waals surface area contributed by atoms with Gasteiger partial charge >= 0.3 is 0 Å². The number of benzene rings is 1. The van der Waals surface area contributed by atoms with E-state index in [1.54, 1.807) is 16.5 Å². The van der Waals surface area contributed by atoms with Gasteiger partial charge in [-0.25, -0.2) is 0 Å². The molecule has 3 aromatic rings. The summed E-state index contributed by atoms with van der Waals surface area (Å²) in [6.45, 7) is 6.20. The summed E-state index contributed by atoms with van der Waals surface area (Å²) in [4.78, 5) is 28.7. The maximum Gasteiger partial charge on any atom is 0.267 e. The molecule has 0 spiro atoms. The number of ether oxygens (including phenoxy) is 2. The normalized spacial score (nSPS) is 16.6. The van der Waals surface area contributed by atoms with Crippen LogP contribution in [-0.4, -0.2) is 47.8 Å². The predicted molar refractivity (Wildman–Crippen MR) is 116 cm³/mol. The van der Waals surface area contributed by atoms with Gasteiger partial charge in [-0.3, -0.25) is 9.59 Å². The first-order valence-electron chi connectivity index (χ1n) is 10.1. The topological polar surface area (TPSA) is 60.8 Å². The molecule has 0 radical (unpaired) electrons. The van der Waals surface area contributed by atoms with Crippen molar-refractivity contribution in [2.45, 2.75) is 32.8 Å². The first-order valence-corrected chi connectivity index (χ1v) is 11.0. The Balaban J connectivity index is 1.93. The molecule has 1 aliphatic rings. The molecule has 4 rings (SSSR count). The SMILES string of the molecule is CCN(CC)C(=O)c1sc2c(c1OCC1CCCO1)c(=O)n(C)c1ccccc21. The van der Waals surface area contributed by atoms with E-state index in [1.165, 1.54) is 11.3 Å². The monoisotopic (exact) mass is 414 g/mol. The van der Waals surface area contributed by atoms with Gasteiger partial charge in [-0.05, 0) is 32.8 Å². The van der Waals surface area contributed by atoms with E-state index in [4.69, 9.17) is 9.47 Å². The first-order chi connectivity index (χ1) is 14.1. The fourth-order valence-corrected chi connectivity index (χ4v) is 5.16. The molecule has 1 atom stereocenters. The molecule has 154 valence electrons. The Labute approximate surface area is 173 Å². The molecule has 1 saturated heterocycles. The summed E-state index contributed by atoms with van der Waals surface area (Å²) in [6.07, 6.45) is 1.95. The smallest absolute Gasteiger partial charge is 0.267 e. The minimum Gasteiger partial charge on any atom is -0.488 e. The Morgan fingerprint density at radius 3 is 2.76 bits per heavy atom. The van der Waals surface area contributed by atoms with Crippen LogP contribution >= 0.6 is 11.3 Å². The fourth-order valence-electron chi connectivity index (χ4n) is 3.92. The number of aryl methyl sites for hydroxylation is 1. The fraction of sp³-hybridized carbons (Fsp3) is 0.455. The van der Waals surface area contributed by atoms with Crippen molar-refractivity contribution in [1.82, 2.24) is 9.47 Å². The second-order valence-electron chi connectivity index (χ2n) is 7.27. The molecule has 2 aromatic heterocycles. The number of carbonyl (C=O) groups excluding carboxylic acids is 1. The van der Waals surface area contributed by atoms with Crippen molar-refractivity contribution in [2.75, 3.05) is 26.3 Å². The van der Waals surface area contributed by atoms with Crippen LogP contribution < -0.4 is 10.3 Å².